The maximum Gasteiger partial charge on any atom is 0.246 e. The molecule has 176 valence electrons. The molecule has 2 aromatic heterocycles. The van der Waals surface area contributed by atoms with Gasteiger partial charge in [-0.2, -0.15) is 0 Å². The van der Waals surface area contributed by atoms with Gasteiger partial charge in [-0.05, 0) is 28.5 Å². The van der Waals surface area contributed by atoms with Crippen molar-refractivity contribution in [1.29, 1.82) is 0 Å². The summed E-state index contributed by atoms with van der Waals surface area (Å²) in [6.45, 7) is 1.66. The normalized spacial score (nSPS) is 11.6. The van der Waals surface area contributed by atoms with Gasteiger partial charge in [0.25, 0.3) is 0 Å². The standard InChI is InChI=1S/C29H27N3O2S/c1-34-18-17-31(28(33)14-11-22-7-3-2-4-8-22)16-15-26-21-35-29-30-27(20-32(26)29)25-13-12-23-9-5-6-10-24(23)19-25/h2-14,19-21H,15-18H2,1H3/b14-11+. The van der Waals surface area contributed by atoms with Gasteiger partial charge in [0.05, 0.1) is 12.3 Å². The molecule has 5 aromatic rings. The van der Waals surface area contributed by atoms with Crippen LogP contribution in [0.2, 0.25) is 0 Å². The quantitative estimate of drug-likeness (QED) is 0.245. The summed E-state index contributed by atoms with van der Waals surface area (Å²) in [7, 11) is 1.66. The molecule has 0 atom stereocenters. The molecule has 35 heavy (non-hydrogen) atoms. The molecular formula is C29H27N3O2S. The molecule has 0 saturated heterocycles. The SMILES string of the molecule is COCCN(CCc1csc2nc(-c3ccc4ccccc4c3)cn12)C(=O)/C=C/c1ccccc1. The molecule has 0 aliphatic carbocycles. The zero-order chi connectivity index (χ0) is 24.0. The Morgan fingerprint density at radius 3 is 2.66 bits per heavy atom. The van der Waals surface area contributed by atoms with Gasteiger partial charge in [0, 0.05) is 55.5 Å². The Bertz CT molecular complexity index is 1470. The maximum atomic E-state index is 12.9. The van der Waals surface area contributed by atoms with Crippen LogP contribution in [0, 0.1) is 0 Å². The molecule has 0 N–H and O–H groups in total. The minimum atomic E-state index is -0.0140. The van der Waals surface area contributed by atoms with E-state index in [-0.39, 0.29) is 5.91 Å². The fourth-order valence-corrected chi connectivity index (χ4v) is 5.02. The van der Waals surface area contributed by atoms with Crippen molar-refractivity contribution in [1.82, 2.24) is 14.3 Å². The summed E-state index contributed by atoms with van der Waals surface area (Å²) in [5, 5.41) is 4.56. The van der Waals surface area contributed by atoms with E-state index < -0.39 is 0 Å². The molecule has 3 aromatic carbocycles. The van der Waals surface area contributed by atoms with Crippen LogP contribution in [-0.4, -0.2) is 47.0 Å². The van der Waals surface area contributed by atoms with Crippen LogP contribution in [0.3, 0.4) is 0 Å². The first-order valence-corrected chi connectivity index (χ1v) is 12.5. The number of rotatable bonds is 9. The Morgan fingerprint density at radius 1 is 1.03 bits per heavy atom. The molecule has 2 heterocycles. The van der Waals surface area contributed by atoms with Crippen LogP contribution < -0.4 is 0 Å². The number of imidazole rings is 1. The number of amides is 1. The highest BCUT2D eigenvalue weighted by atomic mass is 32.1. The number of ether oxygens (including phenoxy) is 1. The predicted octanol–water partition coefficient (Wildman–Crippen LogP) is 5.95. The van der Waals surface area contributed by atoms with Crippen LogP contribution in [-0.2, 0) is 16.0 Å². The lowest BCUT2D eigenvalue weighted by Gasteiger charge is -2.20. The van der Waals surface area contributed by atoms with Crippen molar-refractivity contribution in [2.75, 3.05) is 26.8 Å². The van der Waals surface area contributed by atoms with Crippen molar-refractivity contribution in [2.24, 2.45) is 0 Å². The highest BCUT2D eigenvalue weighted by Crippen LogP contribution is 2.27. The van der Waals surface area contributed by atoms with Gasteiger partial charge < -0.3 is 9.64 Å². The third-order valence-electron chi connectivity index (χ3n) is 6.06. The Kier molecular flexibility index (Phi) is 7.02. The summed E-state index contributed by atoms with van der Waals surface area (Å²) in [6, 6.07) is 24.7. The van der Waals surface area contributed by atoms with Gasteiger partial charge >= 0.3 is 0 Å². The van der Waals surface area contributed by atoms with Gasteiger partial charge in [-0.15, -0.1) is 11.3 Å². The van der Waals surface area contributed by atoms with Crippen LogP contribution in [0.15, 0.2) is 90.4 Å². The first-order chi connectivity index (χ1) is 17.2. The molecule has 5 nitrogen and oxygen atoms in total. The number of thiazole rings is 1. The van der Waals surface area contributed by atoms with Gasteiger partial charge in [-0.25, -0.2) is 4.98 Å². The number of aromatic nitrogens is 2. The van der Waals surface area contributed by atoms with E-state index in [4.69, 9.17) is 9.72 Å². The highest BCUT2D eigenvalue weighted by molar-refractivity contribution is 7.15. The monoisotopic (exact) mass is 481 g/mol. The summed E-state index contributed by atoms with van der Waals surface area (Å²) < 4.78 is 7.39. The van der Waals surface area contributed by atoms with Gasteiger partial charge in [-0.1, -0.05) is 66.7 Å². The fraction of sp³-hybridized carbons (Fsp3) is 0.172. The largest absolute Gasteiger partial charge is 0.383 e. The fourth-order valence-electron chi connectivity index (χ4n) is 4.12. The molecule has 0 saturated carbocycles. The van der Waals surface area contributed by atoms with Crippen molar-refractivity contribution in [3.63, 3.8) is 0 Å². The topological polar surface area (TPSA) is 46.8 Å². The van der Waals surface area contributed by atoms with Crippen molar-refractivity contribution in [2.45, 2.75) is 6.42 Å². The van der Waals surface area contributed by atoms with Crippen molar-refractivity contribution >= 4 is 39.1 Å². The van der Waals surface area contributed by atoms with E-state index in [1.807, 2.05) is 41.3 Å². The molecule has 0 spiro atoms. The lowest BCUT2D eigenvalue weighted by atomic mass is 10.1. The van der Waals surface area contributed by atoms with Crippen molar-refractivity contribution in [3.8, 4) is 11.3 Å². The third kappa shape index (κ3) is 5.34. The predicted molar refractivity (Wildman–Crippen MR) is 144 cm³/mol. The molecule has 1 amide bonds. The Morgan fingerprint density at radius 2 is 1.83 bits per heavy atom. The summed E-state index contributed by atoms with van der Waals surface area (Å²) in [5.74, 6) is -0.0140. The average Bonchev–Trinajstić information content (AvgIpc) is 3.49. The number of carbonyl (C=O) groups excluding carboxylic acids is 1. The number of hydrogen-bond acceptors (Lipinski definition) is 4. The second-order valence-electron chi connectivity index (χ2n) is 8.38. The Labute approximate surface area is 208 Å². The lowest BCUT2D eigenvalue weighted by Crippen LogP contribution is -2.34. The summed E-state index contributed by atoms with van der Waals surface area (Å²) in [5.41, 5.74) is 4.22. The second kappa shape index (κ2) is 10.7. The highest BCUT2D eigenvalue weighted by Gasteiger charge is 2.14. The second-order valence-corrected chi connectivity index (χ2v) is 9.22. The molecule has 0 aliphatic heterocycles. The smallest absolute Gasteiger partial charge is 0.246 e. The lowest BCUT2D eigenvalue weighted by molar-refractivity contribution is -0.126. The molecule has 0 bridgehead atoms. The molecule has 0 radical (unpaired) electrons. The summed E-state index contributed by atoms with van der Waals surface area (Å²) in [4.78, 5) is 20.6. The number of nitrogens with zero attached hydrogens (tertiary/aromatic N) is 3. The van der Waals surface area contributed by atoms with Crippen LogP contribution >= 0.6 is 11.3 Å². The van der Waals surface area contributed by atoms with Crippen LogP contribution in [0.25, 0.3) is 33.1 Å². The minimum Gasteiger partial charge on any atom is -0.383 e. The van der Waals surface area contributed by atoms with Gasteiger partial charge in [-0.3, -0.25) is 9.20 Å². The number of carbonyl (C=O) groups is 1. The van der Waals surface area contributed by atoms with E-state index in [1.165, 1.54) is 10.8 Å². The molecule has 0 aliphatic rings. The van der Waals surface area contributed by atoms with E-state index in [0.29, 0.717) is 19.7 Å². The maximum absolute atomic E-state index is 12.9. The molecule has 0 fully saturated rings. The first kappa shape index (κ1) is 23.0. The van der Waals surface area contributed by atoms with E-state index in [2.05, 4.69) is 58.4 Å². The zero-order valence-corrected chi connectivity index (χ0v) is 20.4. The Balaban J connectivity index is 1.32. The Hall–Kier alpha value is -3.74. The van der Waals surface area contributed by atoms with E-state index >= 15 is 0 Å². The number of hydrogen-bond donors (Lipinski definition) is 0. The minimum absolute atomic E-state index is 0.0140. The molecular weight excluding hydrogens is 454 g/mol. The average molecular weight is 482 g/mol. The van der Waals surface area contributed by atoms with E-state index in [0.717, 1.165) is 33.9 Å². The summed E-state index contributed by atoms with van der Waals surface area (Å²) >= 11 is 1.63. The third-order valence-corrected chi connectivity index (χ3v) is 6.95. The molecule has 5 rings (SSSR count). The number of methoxy groups -OCH3 is 1. The molecule has 6 heteroatoms. The number of benzene rings is 3. The zero-order valence-electron chi connectivity index (χ0n) is 19.6. The van der Waals surface area contributed by atoms with Gasteiger partial charge in [0.1, 0.15) is 0 Å². The van der Waals surface area contributed by atoms with Gasteiger partial charge in [0.2, 0.25) is 5.91 Å². The van der Waals surface area contributed by atoms with Crippen molar-refractivity contribution < 1.29 is 9.53 Å². The summed E-state index contributed by atoms with van der Waals surface area (Å²) in [6.07, 6.45) is 6.34. The van der Waals surface area contributed by atoms with Crippen LogP contribution in [0.5, 0.6) is 0 Å². The van der Waals surface area contributed by atoms with Crippen LogP contribution in [0.1, 0.15) is 11.3 Å². The van der Waals surface area contributed by atoms with Crippen molar-refractivity contribution in [3.05, 3.63) is 102 Å². The molecule has 0 unspecified atom stereocenters. The van der Waals surface area contributed by atoms with E-state index in [9.17, 15) is 4.79 Å². The van der Waals surface area contributed by atoms with Gasteiger partial charge in [0.15, 0.2) is 4.96 Å². The number of fused-ring (bicyclic) bond motifs is 2. The first-order valence-electron chi connectivity index (χ1n) is 11.7. The van der Waals surface area contributed by atoms with Crippen LogP contribution in [0.4, 0.5) is 0 Å². The van der Waals surface area contributed by atoms with E-state index in [1.54, 1.807) is 24.5 Å².